The summed E-state index contributed by atoms with van der Waals surface area (Å²) in [6.07, 6.45) is 1.41. The van der Waals surface area contributed by atoms with Gasteiger partial charge in [0.05, 0.1) is 17.7 Å². The van der Waals surface area contributed by atoms with Gasteiger partial charge in [-0.05, 0) is 38.5 Å². The van der Waals surface area contributed by atoms with Gasteiger partial charge in [0, 0.05) is 5.69 Å². The fourth-order valence-corrected chi connectivity index (χ4v) is 1.91. The first kappa shape index (κ1) is 14.8. The van der Waals surface area contributed by atoms with Crippen LogP contribution in [-0.4, -0.2) is 27.7 Å². The Morgan fingerprint density at radius 1 is 1.33 bits per heavy atom. The zero-order valence-corrected chi connectivity index (χ0v) is 12.2. The summed E-state index contributed by atoms with van der Waals surface area (Å²) < 4.78 is 5.41. The molecule has 110 valence electrons. The van der Waals surface area contributed by atoms with Crippen molar-refractivity contribution in [3.63, 3.8) is 0 Å². The molecule has 0 saturated carbocycles. The van der Waals surface area contributed by atoms with Crippen LogP contribution >= 0.6 is 0 Å². The Morgan fingerprint density at radius 2 is 2.10 bits per heavy atom. The Bertz CT molecular complexity index is 671. The number of rotatable bonds is 5. The van der Waals surface area contributed by atoms with E-state index in [0.29, 0.717) is 29.6 Å². The fraction of sp³-hybridized carbons (Fsp3) is 0.267. The quantitative estimate of drug-likeness (QED) is 0.879. The third-order valence-corrected chi connectivity index (χ3v) is 3.05. The highest BCUT2D eigenvalue weighted by atomic mass is 16.5. The third-order valence-electron chi connectivity index (χ3n) is 3.05. The van der Waals surface area contributed by atoms with Crippen molar-refractivity contribution in [3.05, 3.63) is 41.2 Å². The van der Waals surface area contributed by atoms with Crippen LogP contribution in [0.25, 0.3) is 0 Å². The van der Waals surface area contributed by atoms with Crippen LogP contribution in [-0.2, 0) is 0 Å². The molecule has 0 fully saturated rings. The minimum Gasteiger partial charge on any atom is -0.478 e. The number of ether oxygens (including phenoxy) is 1. The molecule has 21 heavy (non-hydrogen) atoms. The predicted octanol–water partition coefficient (Wildman–Crippen LogP) is 2.93. The molecule has 1 aromatic heterocycles. The maximum atomic E-state index is 11.2. The minimum atomic E-state index is -0.953. The second-order valence-electron chi connectivity index (χ2n) is 4.55. The van der Waals surface area contributed by atoms with E-state index in [-0.39, 0.29) is 5.56 Å². The van der Waals surface area contributed by atoms with Crippen LogP contribution in [0.4, 0.5) is 11.5 Å². The van der Waals surface area contributed by atoms with E-state index in [2.05, 4.69) is 15.3 Å². The van der Waals surface area contributed by atoms with Crippen molar-refractivity contribution in [2.45, 2.75) is 20.8 Å². The average Bonchev–Trinajstić information content (AvgIpc) is 2.45. The largest absolute Gasteiger partial charge is 0.478 e. The van der Waals surface area contributed by atoms with Crippen molar-refractivity contribution in [2.75, 3.05) is 11.9 Å². The van der Waals surface area contributed by atoms with E-state index in [1.54, 1.807) is 19.1 Å². The Hall–Kier alpha value is -2.63. The standard InChI is InChI=1S/C15H17N3O3/c1-4-21-14-10(3)13(16-8-17-14)18-11-6-5-9(2)12(7-11)15(19)20/h5-8H,4H2,1-3H3,(H,19,20)(H,16,17,18). The van der Waals surface area contributed by atoms with Crippen molar-refractivity contribution in [1.82, 2.24) is 9.97 Å². The Morgan fingerprint density at radius 3 is 2.76 bits per heavy atom. The molecular weight excluding hydrogens is 270 g/mol. The molecule has 0 spiro atoms. The van der Waals surface area contributed by atoms with Crippen molar-refractivity contribution < 1.29 is 14.6 Å². The topological polar surface area (TPSA) is 84.3 Å². The smallest absolute Gasteiger partial charge is 0.336 e. The molecule has 0 aliphatic carbocycles. The molecule has 0 unspecified atom stereocenters. The number of aromatic carboxylic acids is 1. The predicted molar refractivity (Wildman–Crippen MR) is 79.4 cm³/mol. The van der Waals surface area contributed by atoms with Gasteiger partial charge in [-0.3, -0.25) is 0 Å². The van der Waals surface area contributed by atoms with Crippen LogP contribution < -0.4 is 10.1 Å². The summed E-state index contributed by atoms with van der Waals surface area (Å²) in [5.74, 6) is 0.153. The molecule has 0 amide bonds. The van der Waals surface area contributed by atoms with Gasteiger partial charge in [-0.2, -0.15) is 0 Å². The van der Waals surface area contributed by atoms with Crippen LogP contribution in [0.15, 0.2) is 24.5 Å². The molecule has 0 aliphatic rings. The maximum Gasteiger partial charge on any atom is 0.336 e. The second kappa shape index (κ2) is 6.21. The van der Waals surface area contributed by atoms with Gasteiger partial charge in [-0.15, -0.1) is 0 Å². The lowest BCUT2D eigenvalue weighted by Gasteiger charge is -2.12. The van der Waals surface area contributed by atoms with Gasteiger partial charge in [-0.1, -0.05) is 6.07 Å². The van der Waals surface area contributed by atoms with Crippen molar-refractivity contribution in [1.29, 1.82) is 0 Å². The molecule has 0 saturated heterocycles. The number of carbonyl (C=O) groups is 1. The van der Waals surface area contributed by atoms with Crippen LogP contribution in [0.2, 0.25) is 0 Å². The molecule has 6 heteroatoms. The number of nitrogens with one attached hydrogen (secondary N) is 1. The van der Waals surface area contributed by atoms with E-state index in [0.717, 1.165) is 5.56 Å². The van der Waals surface area contributed by atoms with E-state index < -0.39 is 5.97 Å². The van der Waals surface area contributed by atoms with Crippen molar-refractivity contribution in [3.8, 4) is 5.88 Å². The van der Waals surface area contributed by atoms with E-state index >= 15 is 0 Å². The molecule has 1 aromatic carbocycles. The van der Waals surface area contributed by atoms with Gasteiger partial charge in [0.15, 0.2) is 0 Å². The SMILES string of the molecule is CCOc1ncnc(Nc2ccc(C)c(C(=O)O)c2)c1C. The summed E-state index contributed by atoms with van der Waals surface area (Å²) in [6.45, 7) is 6.01. The summed E-state index contributed by atoms with van der Waals surface area (Å²) >= 11 is 0. The van der Waals surface area contributed by atoms with Gasteiger partial charge < -0.3 is 15.2 Å². The molecule has 0 aliphatic heterocycles. The lowest BCUT2D eigenvalue weighted by Crippen LogP contribution is -2.04. The normalized spacial score (nSPS) is 10.2. The van der Waals surface area contributed by atoms with Gasteiger partial charge in [-0.25, -0.2) is 14.8 Å². The number of hydrogen-bond donors (Lipinski definition) is 2. The Balaban J connectivity index is 2.32. The molecule has 2 N–H and O–H groups in total. The van der Waals surface area contributed by atoms with Gasteiger partial charge in [0.2, 0.25) is 5.88 Å². The number of benzene rings is 1. The highest BCUT2D eigenvalue weighted by Crippen LogP contribution is 2.25. The van der Waals surface area contributed by atoms with Crippen LogP contribution in [0, 0.1) is 13.8 Å². The number of aromatic nitrogens is 2. The zero-order chi connectivity index (χ0) is 15.4. The number of aryl methyl sites for hydroxylation is 1. The summed E-state index contributed by atoms with van der Waals surface area (Å²) in [5.41, 5.74) is 2.40. The molecule has 0 bridgehead atoms. The van der Waals surface area contributed by atoms with Crippen molar-refractivity contribution >= 4 is 17.5 Å². The minimum absolute atomic E-state index is 0.261. The number of anilines is 2. The highest BCUT2D eigenvalue weighted by molar-refractivity contribution is 5.90. The number of carboxylic acid groups (broad SMARTS) is 1. The van der Waals surface area contributed by atoms with E-state index in [1.165, 1.54) is 6.33 Å². The monoisotopic (exact) mass is 287 g/mol. The zero-order valence-electron chi connectivity index (χ0n) is 12.2. The van der Waals surface area contributed by atoms with Crippen molar-refractivity contribution in [2.24, 2.45) is 0 Å². The third kappa shape index (κ3) is 3.28. The van der Waals surface area contributed by atoms with Crippen LogP contribution in [0.3, 0.4) is 0 Å². The summed E-state index contributed by atoms with van der Waals surface area (Å²) in [6, 6.07) is 5.15. The van der Waals surface area contributed by atoms with E-state index in [1.807, 2.05) is 19.9 Å². The lowest BCUT2D eigenvalue weighted by atomic mass is 10.1. The molecule has 0 radical (unpaired) electrons. The molecular formula is C15H17N3O3. The van der Waals surface area contributed by atoms with Crippen LogP contribution in [0.5, 0.6) is 5.88 Å². The summed E-state index contributed by atoms with van der Waals surface area (Å²) in [7, 11) is 0. The summed E-state index contributed by atoms with van der Waals surface area (Å²) in [4.78, 5) is 19.4. The Kier molecular flexibility index (Phi) is 4.37. The summed E-state index contributed by atoms with van der Waals surface area (Å²) in [5, 5.41) is 12.3. The number of hydrogen-bond acceptors (Lipinski definition) is 5. The molecule has 0 atom stereocenters. The first-order valence-corrected chi connectivity index (χ1v) is 6.58. The number of nitrogens with zero attached hydrogens (tertiary/aromatic N) is 2. The van der Waals surface area contributed by atoms with Gasteiger partial charge in [0.25, 0.3) is 0 Å². The van der Waals surface area contributed by atoms with Crippen LogP contribution in [0.1, 0.15) is 28.4 Å². The molecule has 1 heterocycles. The molecule has 6 nitrogen and oxygen atoms in total. The van der Waals surface area contributed by atoms with E-state index in [9.17, 15) is 4.79 Å². The van der Waals surface area contributed by atoms with E-state index in [4.69, 9.17) is 9.84 Å². The van der Waals surface area contributed by atoms with Gasteiger partial charge in [0.1, 0.15) is 12.1 Å². The van der Waals surface area contributed by atoms with Gasteiger partial charge >= 0.3 is 5.97 Å². The maximum absolute atomic E-state index is 11.2. The molecule has 2 aromatic rings. The second-order valence-corrected chi connectivity index (χ2v) is 4.55. The fourth-order valence-electron chi connectivity index (χ4n) is 1.91. The highest BCUT2D eigenvalue weighted by Gasteiger charge is 2.11. The first-order chi connectivity index (χ1) is 10.0. The lowest BCUT2D eigenvalue weighted by molar-refractivity contribution is 0.0696. The molecule has 2 rings (SSSR count). The Labute approximate surface area is 122 Å². The first-order valence-electron chi connectivity index (χ1n) is 6.58. The average molecular weight is 287 g/mol. The number of carboxylic acids is 1.